The fourth-order valence-electron chi connectivity index (χ4n) is 2.10. The van der Waals surface area contributed by atoms with Crippen LogP contribution in [0.2, 0.25) is 0 Å². The van der Waals surface area contributed by atoms with E-state index in [9.17, 15) is 9.59 Å². The second kappa shape index (κ2) is 6.69. The van der Waals surface area contributed by atoms with Gasteiger partial charge < -0.3 is 15.0 Å². The lowest BCUT2D eigenvalue weighted by Gasteiger charge is -2.22. The van der Waals surface area contributed by atoms with Gasteiger partial charge in [0.2, 0.25) is 5.91 Å². The Morgan fingerprint density at radius 2 is 2.05 bits per heavy atom. The number of rotatable bonds is 4. The minimum absolute atomic E-state index is 0.111. The van der Waals surface area contributed by atoms with Crippen molar-refractivity contribution in [1.82, 2.24) is 10.3 Å². The third kappa shape index (κ3) is 3.47. The molecule has 2 rings (SSSR count). The zero-order valence-corrected chi connectivity index (χ0v) is 12.0. The van der Waals surface area contributed by atoms with Crippen LogP contribution in [0, 0.1) is 0 Å². The number of amides is 2. The number of ether oxygens (including phenoxy) is 1. The quantitative estimate of drug-likeness (QED) is 0.933. The molecule has 0 spiro atoms. The highest BCUT2D eigenvalue weighted by Gasteiger charge is 2.15. The van der Waals surface area contributed by atoms with Crippen LogP contribution in [0.5, 0.6) is 0 Å². The van der Waals surface area contributed by atoms with Crippen LogP contribution in [0.25, 0.3) is 10.9 Å². The van der Waals surface area contributed by atoms with Crippen LogP contribution < -0.4 is 10.2 Å². The van der Waals surface area contributed by atoms with Gasteiger partial charge in [0.05, 0.1) is 18.3 Å². The summed E-state index contributed by atoms with van der Waals surface area (Å²) in [5, 5.41) is 3.52. The molecule has 110 valence electrons. The maximum absolute atomic E-state index is 11.9. The minimum Gasteiger partial charge on any atom is -0.453 e. The smallest absolute Gasteiger partial charge is 0.406 e. The number of methoxy groups -OCH3 is 1. The Bertz CT molecular complexity index is 652. The monoisotopic (exact) mass is 287 g/mol. The fourth-order valence-corrected chi connectivity index (χ4v) is 2.10. The van der Waals surface area contributed by atoms with E-state index in [1.54, 1.807) is 11.1 Å². The summed E-state index contributed by atoms with van der Waals surface area (Å²) in [6, 6.07) is 9.45. The molecule has 0 saturated carbocycles. The highest BCUT2D eigenvalue weighted by atomic mass is 16.5. The Kier molecular flexibility index (Phi) is 4.71. The Hall–Kier alpha value is -2.63. The number of nitrogens with one attached hydrogen (secondary N) is 1. The summed E-state index contributed by atoms with van der Waals surface area (Å²) in [7, 11) is 1.30. The fraction of sp³-hybridized carbons (Fsp3) is 0.267. The number of aromatic nitrogens is 1. The lowest BCUT2D eigenvalue weighted by Crippen LogP contribution is -2.37. The molecule has 2 aromatic rings. The highest BCUT2D eigenvalue weighted by molar-refractivity contribution is 6.01. The van der Waals surface area contributed by atoms with Gasteiger partial charge in [-0.15, -0.1) is 0 Å². The molecule has 2 amide bonds. The molecule has 0 fully saturated rings. The van der Waals surface area contributed by atoms with Crippen LogP contribution in [-0.2, 0) is 9.53 Å². The van der Waals surface area contributed by atoms with Gasteiger partial charge in [-0.2, -0.15) is 0 Å². The average molecular weight is 287 g/mol. The topological polar surface area (TPSA) is 71.5 Å². The molecule has 1 aromatic heterocycles. The molecule has 1 aromatic carbocycles. The van der Waals surface area contributed by atoms with Gasteiger partial charge in [-0.3, -0.25) is 9.78 Å². The Labute approximate surface area is 122 Å². The van der Waals surface area contributed by atoms with Crippen molar-refractivity contribution in [1.29, 1.82) is 0 Å². The number of anilines is 1. The van der Waals surface area contributed by atoms with Gasteiger partial charge in [-0.05, 0) is 12.1 Å². The summed E-state index contributed by atoms with van der Waals surface area (Å²) in [5.41, 5.74) is 1.49. The molecule has 0 saturated heterocycles. The molecular weight excluding hydrogens is 270 g/mol. The number of hydrogen-bond donors (Lipinski definition) is 1. The molecular formula is C15H17N3O3. The molecule has 1 heterocycles. The zero-order valence-electron chi connectivity index (χ0n) is 12.0. The first-order valence-corrected chi connectivity index (χ1v) is 6.57. The van der Waals surface area contributed by atoms with E-state index in [1.165, 1.54) is 14.0 Å². The van der Waals surface area contributed by atoms with Crippen molar-refractivity contribution in [2.75, 3.05) is 25.1 Å². The second-order valence-corrected chi connectivity index (χ2v) is 4.44. The molecule has 0 aliphatic rings. The number of nitrogens with zero attached hydrogens (tertiary/aromatic N) is 2. The van der Waals surface area contributed by atoms with Gasteiger partial charge in [0.1, 0.15) is 0 Å². The average Bonchev–Trinajstić information content (AvgIpc) is 2.50. The standard InChI is InChI=1S/C15H17N3O3/c1-11(19)18(10-9-17-15(20)21-2)13-7-3-5-12-6-4-8-16-14(12)13/h3-8H,9-10H2,1-2H3,(H,17,20). The minimum atomic E-state index is -0.519. The van der Waals surface area contributed by atoms with E-state index in [2.05, 4.69) is 15.0 Å². The normalized spacial score (nSPS) is 10.2. The van der Waals surface area contributed by atoms with Gasteiger partial charge in [0.25, 0.3) is 0 Å². The molecule has 0 radical (unpaired) electrons. The Balaban J connectivity index is 2.24. The van der Waals surface area contributed by atoms with Gasteiger partial charge in [0, 0.05) is 31.6 Å². The molecule has 0 unspecified atom stereocenters. The first-order chi connectivity index (χ1) is 10.1. The molecule has 0 bridgehead atoms. The van der Waals surface area contributed by atoms with Crippen molar-refractivity contribution in [3.8, 4) is 0 Å². The Morgan fingerprint density at radius 1 is 1.29 bits per heavy atom. The first kappa shape index (κ1) is 14.8. The second-order valence-electron chi connectivity index (χ2n) is 4.44. The summed E-state index contributed by atoms with van der Waals surface area (Å²) >= 11 is 0. The Morgan fingerprint density at radius 3 is 2.76 bits per heavy atom. The lowest BCUT2D eigenvalue weighted by atomic mass is 10.1. The van der Waals surface area contributed by atoms with Crippen LogP contribution in [0.4, 0.5) is 10.5 Å². The predicted octanol–water partition coefficient (Wildman–Crippen LogP) is 1.94. The molecule has 1 N–H and O–H groups in total. The highest BCUT2D eigenvalue weighted by Crippen LogP contribution is 2.24. The van der Waals surface area contributed by atoms with E-state index < -0.39 is 6.09 Å². The molecule has 6 heteroatoms. The van der Waals surface area contributed by atoms with Crippen molar-refractivity contribution in [2.24, 2.45) is 0 Å². The summed E-state index contributed by atoms with van der Waals surface area (Å²) < 4.78 is 4.50. The van der Waals surface area contributed by atoms with Crippen molar-refractivity contribution < 1.29 is 14.3 Å². The zero-order chi connectivity index (χ0) is 15.2. The number of pyridine rings is 1. The largest absolute Gasteiger partial charge is 0.453 e. The van der Waals surface area contributed by atoms with Crippen LogP contribution in [-0.4, -0.2) is 37.2 Å². The molecule has 0 atom stereocenters. The van der Waals surface area contributed by atoms with Crippen molar-refractivity contribution in [2.45, 2.75) is 6.92 Å². The maximum Gasteiger partial charge on any atom is 0.406 e. The van der Waals surface area contributed by atoms with Gasteiger partial charge >= 0.3 is 6.09 Å². The van der Waals surface area contributed by atoms with Crippen LogP contribution in [0.3, 0.4) is 0 Å². The van der Waals surface area contributed by atoms with Crippen LogP contribution in [0.15, 0.2) is 36.5 Å². The van der Waals surface area contributed by atoms with E-state index in [0.717, 1.165) is 16.6 Å². The third-order valence-corrected chi connectivity index (χ3v) is 3.07. The number of fused-ring (bicyclic) bond motifs is 1. The number of para-hydroxylation sites is 1. The van der Waals surface area contributed by atoms with Crippen molar-refractivity contribution in [3.63, 3.8) is 0 Å². The van der Waals surface area contributed by atoms with E-state index in [-0.39, 0.29) is 5.91 Å². The third-order valence-electron chi connectivity index (χ3n) is 3.07. The summed E-state index contributed by atoms with van der Waals surface area (Å²) in [6.07, 6.45) is 1.17. The van der Waals surface area contributed by atoms with Crippen molar-refractivity contribution in [3.05, 3.63) is 36.5 Å². The SMILES string of the molecule is COC(=O)NCCN(C(C)=O)c1cccc2cccnc12. The van der Waals surface area contributed by atoms with Gasteiger partial charge in [-0.25, -0.2) is 4.79 Å². The molecule has 21 heavy (non-hydrogen) atoms. The number of hydrogen-bond acceptors (Lipinski definition) is 4. The number of carbonyl (C=O) groups excluding carboxylic acids is 2. The number of benzene rings is 1. The molecule has 0 aliphatic heterocycles. The van der Waals surface area contributed by atoms with E-state index in [1.807, 2.05) is 30.3 Å². The number of alkyl carbamates (subject to hydrolysis) is 1. The van der Waals surface area contributed by atoms with E-state index in [4.69, 9.17) is 0 Å². The van der Waals surface area contributed by atoms with E-state index in [0.29, 0.717) is 13.1 Å². The lowest BCUT2D eigenvalue weighted by molar-refractivity contribution is -0.116. The maximum atomic E-state index is 11.9. The predicted molar refractivity (Wildman–Crippen MR) is 80.2 cm³/mol. The molecule has 0 aliphatic carbocycles. The van der Waals surface area contributed by atoms with Crippen molar-refractivity contribution >= 4 is 28.6 Å². The summed E-state index contributed by atoms with van der Waals surface area (Å²) in [5.74, 6) is -0.111. The summed E-state index contributed by atoms with van der Waals surface area (Å²) in [4.78, 5) is 28.9. The number of carbonyl (C=O) groups is 2. The first-order valence-electron chi connectivity index (χ1n) is 6.57. The summed E-state index contributed by atoms with van der Waals surface area (Å²) in [6.45, 7) is 2.13. The molecule has 6 nitrogen and oxygen atoms in total. The van der Waals surface area contributed by atoms with Crippen LogP contribution >= 0.6 is 0 Å². The van der Waals surface area contributed by atoms with E-state index >= 15 is 0 Å². The van der Waals surface area contributed by atoms with Gasteiger partial charge in [0.15, 0.2) is 0 Å². The van der Waals surface area contributed by atoms with Crippen LogP contribution in [0.1, 0.15) is 6.92 Å². The van der Waals surface area contributed by atoms with Gasteiger partial charge in [-0.1, -0.05) is 18.2 Å².